The Morgan fingerprint density at radius 1 is 1.12 bits per heavy atom. The third-order valence-corrected chi connectivity index (χ3v) is 8.89. The molecule has 2 aromatic heterocycles. The number of nitrogens with zero attached hydrogens (tertiary/aromatic N) is 6. The molecule has 1 amide bonds. The number of fused-ring (bicyclic) bond motifs is 1. The summed E-state index contributed by atoms with van der Waals surface area (Å²) in [5, 5.41) is 15.3. The van der Waals surface area contributed by atoms with E-state index in [1.54, 1.807) is 25.3 Å². The highest BCUT2D eigenvalue weighted by atomic mass is 16.5. The zero-order valence-electron chi connectivity index (χ0n) is 24.7. The average Bonchev–Trinajstić information content (AvgIpc) is 3.72. The first kappa shape index (κ1) is 28.4. The molecule has 224 valence electrons. The van der Waals surface area contributed by atoms with Crippen LogP contribution in [0.1, 0.15) is 70.6 Å². The Balaban J connectivity index is 1.19. The van der Waals surface area contributed by atoms with E-state index in [1.165, 1.54) is 12.8 Å². The lowest BCUT2D eigenvalue weighted by Gasteiger charge is -2.43. The van der Waals surface area contributed by atoms with Crippen LogP contribution in [0.25, 0.3) is 11.5 Å². The van der Waals surface area contributed by atoms with E-state index < -0.39 is 0 Å². The minimum Gasteiger partial charge on any atom is -0.495 e. The molecule has 0 saturated heterocycles. The summed E-state index contributed by atoms with van der Waals surface area (Å²) in [5.41, 5.74) is 8.21. The maximum Gasteiger partial charge on any atom is 0.249 e. The van der Waals surface area contributed by atoms with Gasteiger partial charge in [0.1, 0.15) is 17.5 Å². The first-order valence-corrected chi connectivity index (χ1v) is 15.1. The molecule has 12 heteroatoms. The summed E-state index contributed by atoms with van der Waals surface area (Å²) in [4.78, 5) is 26.6. The predicted octanol–water partition coefficient (Wildman–Crippen LogP) is 4.14. The molecule has 0 spiro atoms. The van der Waals surface area contributed by atoms with E-state index in [-0.39, 0.29) is 11.9 Å². The van der Waals surface area contributed by atoms with E-state index in [2.05, 4.69) is 37.6 Å². The molecule has 1 aromatic carbocycles. The molecule has 12 nitrogen and oxygen atoms in total. The molecule has 2 saturated carbocycles. The summed E-state index contributed by atoms with van der Waals surface area (Å²) >= 11 is 0. The highest BCUT2D eigenvalue weighted by molar-refractivity contribution is 6.04. The predicted molar refractivity (Wildman–Crippen MR) is 161 cm³/mol. The number of ether oxygens (including phenoxy) is 1. The molecule has 3 aromatic rings. The average molecular weight is 576 g/mol. The van der Waals surface area contributed by atoms with Gasteiger partial charge in [-0.05, 0) is 63.1 Å². The van der Waals surface area contributed by atoms with Crippen LogP contribution in [0, 0.1) is 0 Å². The summed E-state index contributed by atoms with van der Waals surface area (Å²) in [6.07, 6.45) is 11.1. The number of benzene rings is 1. The third-order valence-electron chi connectivity index (χ3n) is 8.89. The van der Waals surface area contributed by atoms with Crippen molar-refractivity contribution in [1.29, 1.82) is 0 Å². The number of likely N-dealkylation sites (N-methyl/N-ethyl adjacent to an activating group) is 1. The van der Waals surface area contributed by atoms with Gasteiger partial charge in [0.25, 0.3) is 0 Å². The minimum atomic E-state index is -0.224. The van der Waals surface area contributed by atoms with Crippen molar-refractivity contribution in [2.24, 2.45) is 5.73 Å². The van der Waals surface area contributed by atoms with Gasteiger partial charge in [-0.25, -0.2) is 4.98 Å². The van der Waals surface area contributed by atoms with Gasteiger partial charge in [0.15, 0.2) is 5.82 Å². The van der Waals surface area contributed by atoms with E-state index >= 15 is 0 Å². The van der Waals surface area contributed by atoms with Crippen LogP contribution in [0.3, 0.4) is 0 Å². The fraction of sp³-hybridized carbons (Fsp3) is 0.567. The van der Waals surface area contributed by atoms with Crippen LogP contribution in [0.15, 0.2) is 28.8 Å². The number of anilines is 4. The molecule has 1 aliphatic heterocycles. The maximum atomic E-state index is 13.2. The number of methoxy groups -OCH3 is 1. The molecule has 2 fully saturated rings. The van der Waals surface area contributed by atoms with Gasteiger partial charge in [-0.1, -0.05) is 19.8 Å². The molecule has 3 heterocycles. The number of nitrogens with two attached hydrogens (primary N) is 1. The quantitative estimate of drug-likeness (QED) is 0.338. The summed E-state index contributed by atoms with van der Waals surface area (Å²) < 4.78 is 11.7. The van der Waals surface area contributed by atoms with Crippen molar-refractivity contribution in [3.05, 3.63) is 30.3 Å². The molecule has 0 unspecified atom stereocenters. The highest BCUT2D eigenvalue weighted by Crippen LogP contribution is 2.40. The first-order valence-electron chi connectivity index (χ1n) is 15.1. The maximum absolute atomic E-state index is 13.2. The first-order chi connectivity index (χ1) is 20.4. The Bertz CT molecular complexity index is 1400. The molecule has 2 aliphatic carbocycles. The monoisotopic (exact) mass is 575 g/mol. The van der Waals surface area contributed by atoms with Crippen LogP contribution in [-0.4, -0.2) is 64.4 Å². The zero-order valence-corrected chi connectivity index (χ0v) is 24.7. The topological polar surface area (TPSA) is 148 Å². The Hall–Kier alpha value is -3.77. The minimum absolute atomic E-state index is 0.0946. The smallest absolute Gasteiger partial charge is 0.249 e. The van der Waals surface area contributed by atoms with Gasteiger partial charge in [0.2, 0.25) is 23.6 Å². The van der Waals surface area contributed by atoms with Crippen LogP contribution >= 0.6 is 0 Å². The Kier molecular flexibility index (Phi) is 8.25. The number of hydrogen-bond donors (Lipinski definition) is 3. The molecular formula is C30H41N9O3. The molecule has 0 radical (unpaired) electrons. The van der Waals surface area contributed by atoms with E-state index in [0.29, 0.717) is 53.8 Å². The molecule has 3 aliphatic rings. The van der Waals surface area contributed by atoms with Crippen molar-refractivity contribution in [2.45, 2.75) is 95.4 Å². The van der Waals surface area contributed by atoms with Crippen LogP contribution in [-0.2, 0) is 11.3 Å². The SMILES string of the molecule is CC[C@@H]1C(=O)N(C)c2cnc(Nc3ccc(-c4nnc(CNC5CCC(N)CC5)o4)cc3OC)nc2N1C1CCCC1. The van der Waals surface area contributed by atoms with Crippen molar-refractivity contribution < 1.29 is 13.9 Å². The van der Waals surface area contributed by atoms with Crippen LogP contribution in [0.4, 0.5) is 23.1 Å². The zero-order chi connectivity index (χ0) is 29.2. The van der Waals surface area contributed by atoms with Crippen molar-refractivity contribution in [2.75, 3.05) is 29.3 Å². The molecule has 4 N–H and O–H groups in total. The number of nitrogens with one attached hydrogen (secondary N) is 2. The second-order valence-corrected chi connectivity index (χ2v) is 11.6. The van der Waals surface area contributed by atoms with Crippen molar-refractivity contribution >= 4 is 29.0 Å². The molecule has 0 bridgehead atoms. The fourth-order valence-corrected chi connectivity index (χ4v) is 6.49. The number of carbonyl (C=O) groups is 1. The van der Waals surface area contributed by atoms with E-state index in [9.17, 15) is 4.79 Å². The van der Waals surface area contributed by atoms with Gasteiger partial charge in [-0.15, -0.1) is 10.2 Å². The second kappa shape index (κ2) is 12.2. The van der Waals surface area contributed by atoms with Crippen molar-refractivity contribution in [3.63, 3.8) is 0 Å². The van der Waals surface area contributed by atoms with Crippen LogP contribution in [0.5, 0.6) is 5.75 Å². The van der Waals surface area contributed by atoms with Crippen LogP contribution < -0.4 is 30.9 Å². The van der Waals surface area contributed by atoms with Gasteiger partial charge in [-0.3, -0.25) is 4.79 Å². The number of carbonyl (C=O) groups excluding carboxylic acids is 1. The Labute approximate surface area is 246 Å². The van der Waals surface area contributed by atoms with Gasteiger partial charge < -0.3 is 35.3 Å². The Morgan fingerprint density at radius 3 is 2.64 bits per heavy atom. The summed E-state index contributed by atoms with van der Waals surface area (Å²) in [5.74, 6) is 2.90. The fourth-order valence-electron chi connectivity index (χ4n) is 6.49. The molecular weight excluding hydrogens is 534 g/mol. The number of aromatic nitrogens is 4. The third kappa shape index (κ3) is 5.65. The summed E-state index contributed by atoms with van der Waals surface area (Å²) in [6, 6.07) is 6.48. The number of hydrogen-bond acceptors (Lipinski definition) is 11. The summed E-state index contributed by atoms with van der Waals surface area (Å²) in [7, 11) is 3.42. The van der Waals surface area contributed by atoms with Gasteiger partial charge in [0.05, 0.1) is 25.5 Å². The van der Waals surface area contributed by atoms with Crippen molar-refractivity contribution in [3.8, 4) is 17.2 Å². The van der Waals surface area contributed by atoms with Gasteiger partial charge in [0, 0.05) is 30.7 Å². The van der Waals surface area contributed by atoms with Crippen molar-refractivity contribution in [1.82, 2.24) is 25.5 Å². The summed E-state index contributed by atoms with van der Waals surface area (Å²) in [6.45, 7) is 2.59. The van der Waals surface area contributed by atoms with E-state index in [0.717, 1.165) is 62.0 Å². The molecule has 1 atom stereocenters. The van der Waals surface area contributed by atoms with Gasteiger partial charge >= 0.3 is 0 Å². The molecule has 6 rings (SSSR count). The van der Waals surface area contributed by atoms with E-state index in [4.69, 9.17) is 19.9 Å². The lowest BCUT2D eigenvalue weighted by atomic mass is 9.92. The second-order valence-electron chi connectivity index (χ2n) is 11.6. The lowest BCUT2D eigenvalue weighted by Crippen LogP contribution is -2.55. The normalized spacial score (nSPS) is 22.9. The van der Waals surface area contributed by atoms with Crippen LogP contribution in [0.2, 0.25) is 0 Å². The largest absolute Gasteiger partial charge is 0.495 e. The molecule has 42 heavy (non-hydrogen) atoms. The lowest BCUT2D eigenvalue weighted by molar-refractivity contribution is -0.120. The number of amides is 1. The highest BCUT2D eigenvalue weighted by Gasteiger charge is 2.41. The Morgan fingerprint density at radius 2 is 1.90 bits per heavy atom. The standard InChI is InChI=1S/C30H41N9O3/c1-4-23-29(40)38(2)24-16-33-30(35-27(24)39(23)21-7-5-6-8-21)34-22-14-9-18(15-25(22)41-3)28-37-36-26(42-28)17-32-20-12-10-19(31)11-13-20/h9,14-16,19-21,23,32H,4-8,10-13,17,31H2,1-3H3,(H,33,34,35)/t19?,20?,23-/m1/s1. The van der Waals surface area contributed by atoms with Gasteiger partial charge in [-0.2, -0.15) is 4.98 Å². The number of rotatable bonds is 9. The van der Waals surface area contributed by atoms with E-state index in [1.807, 2.05) is 18.2 Å².